The fourth-order valence-corrected chi connectivity index (χ4v) is 2.03. The number of benzene rings is 2. The number of hydrazone groups is 1. The Morgan fingerprint density at radius 3 is 2.76 bits per heavy atom. The molecule has 2 aromatic carbocycles. The lowest BCUT2D eigenvalue weighted by Gasteiger charge is -2.05. The summed E-state index contributed by atoms with van der Waals surface area (Å²) in [7, 11) is 1.51. The smallest absolute Gasteiger partial charge is 0.259 e. The van der Waals surface area contributed by atoms with E-state index in [0.29, 0.717) is 16.9 Å². The molecule has 0 saturated carbocycles. The Bertz CT molecular complexity index is 803. The van der Waals surface area contributed by atoms with Gasteiger partial charge in [0, 0.05) is 11.1 Å². The minimum atomic E-state index is -0.486. The van der Waals surface area contributed by atoms with Crippen LogP contribution in [0.25, 0.3) is 0 Å². The van der Waals surface area contributed by atoms with Crippen molar-refractivity contribution in [3.05, 3.63) is 59.2 Å². The molecule has 0 saturated heterocycles. The Morgan fingerprint density at radius 2 is 2.04 bits per heavy atom. The molecule has 7 nitrogen and oxygen atoms in total. The quantitative estimate of drug-likeness (QED) is 0.549. The van der Waals surface area contributed by atoms with E-state index < -0.39 is 5.91 Å². The van der Waals surface area contributed by atoms with Crippen LogP contribution in [-0.2, 0) is 4.79 Å². The second-order valence-corrected chi connectivity index (χ2v) is 5.27. The van der Waals surface area contributed by atoms with Gasteiger partial charge < -0.3 is 15.2 Å². The van der Waals surface area contributed by atoms with Gasteiger partial charge in [-0.05, 0) is 37.3 Å². The summed E-state index contributed by atoms with van der Waals surface area (Å²) >= 11 is 0. The maximum atomic E-state index is 11.9. The number of hydrogen-bond acceptors (Lipinski definition) is 5. The third-order valence-electron chi connectivity index (χ3n) is 3.32. The zero-order valence-corrected chi connectivity index (χ0v) is 13.9. The highest BCUT2D eigenvalue weighted by molar-refractivity contribution is 5.96. The molecule has 2 amide bonds. The van der Waals surface area contributed by atoms with Crippen LogP contribution in [0.2, 0.25) is 0 Å². The summed E-state index contributed by atoms with van der Waals surface area (Å²) in [5.74, 6) is -0.268. The van der Waals surface area contributed by atoms with E-state index in [-0.39, 0.29) is 18.2 Å². The van der Waals surface area contributed by atoms with Crippen LogP contribution in [0.15, 0.2) is 47.6 Å². The predicted molar refractivity (Wildman–Crippen MR) is 93.9 cm³/mol. The number of carbonyl (C=O) groups is 2. The van der Waals surface area contributed by atoms with Gasteiger partial charge in [0.2, 0.25) is 0 Å². The summed E-state index contributed by atoms with van der Waals surface area (Å²) in [6.07, 6.45) is 1.29. The average Bonchev–Trinajstić information content (AvgIpc) is 2.61. The number of ether oxygens (including phenoxy) is 1. The van der Waals surface area contributed by atoms with Crippen LogP contribution in [0.3, 0.4) is 0 Å². The number of phenols is 1. The maximum Gasteiger partial charge on any atom is 0.259 e. The molecule has 7 heteroatoms. The molecule has 0 aliphatic carbocycles. The van der Waals surface area contributed by atoms with Gasteiger partial charge in [-0.3, -0.25) is 9.59 Å². The first-order chi connectivity index (χ1) is 12.0. The van der Waals surface area contributed by atoms with Crippen LogP contribution in [0.1, 0.15) is 21.5 Å². The summed E-state index contributed by atoms with van der Waals surface area (Å²) in [4.78, 5) is 23.7. The zero-order valence-electron chi connectivity index (χ0n) is 13.9. The summed E-state index contributed by atoms with van der Waals surface area (Å²) in [5.41, 5.74) is 4.11. The number of aromatic hydroxyl groups is 1. The first-order valence-corrected chi connectivity index (χ1v) is 7.53. The van der Waals surface area contributed by atoms with Crippen molar-refractivity contribution in [1.82, 2.24) is 10.7 Å². The van der Waals surface area contributed by atoms with Gasteiger partial charge in [-0.25, -0.2) is 5.43 Å². The predicted octanol–water partition coefficient (Wildman–Crippen LogP) is 1.59. The average molecular weight is 341 g/mol. The van der Waals surface area contributed by atoms with Gasteiger partial charge in [0.15, 0.2) is 0 Å². The van der Waals surface area contributed by atoms with E-state index in [1.165, 1.54) is 19.4 Å². The van der Waals surface area contributed by atoms with Gasteiger partial charge in [-0.15, -0.1) is 0 Å². The molecule has 0 unspecified atom stereocenters. The summed E-state index contributed by atoms with van der Waals surface area (Å²) in [6, 6.07) is 11.7. The molecular formula is C18H19N3O4. The van der Waals surface area contributed by atoms with E-state index in [9.17, 15) is 14.7 Å². The van der Waals surface area contributed by atoms with Crippen molar-refractivity contribution in [1.29, 1.82) is 0 Å². The first kappa shape index (κ1) is 18.0. The van der Waals surface area contributed by atoms with Crippen LogP contribution in [0.5, 0.6) is 11.5 Å². The molecule has 0 radical (unpaired) electrons. The molecule has 3 N–H and O–H groups in total. The molecule has 0 fully saturated rings. The Hall–Kier alpha value is -3.35. The number of amides is 2. The van der Waals surface area contributed by atoms with Crippen molar-refractivity contribution in [2.75, 3.05) is 13.7 Å². The molecule has 0 heterocycles. The number of nitrogens with zero attached hydrogens (tertiary/aromatic N) is 1. The normalized spacial score (nSPS) is 10.5. The minimum absolute atomic E-state index is 0.00606. The summed E-state index contributed by atoms with van der Waals surface area (Å²) < 4.78 is 5.04. The molecule has 0 aliphatic heterocycles. The van der Waals surface area contributed by atoms with Gasteiger partial charge >= 0.3 is 0 Å². The second-order valence-electron chi connectivity index (χ2n) is 5.27. The van der Waals surface area contributed by atoms with E-state index >= 15 is 0 Å². The van der Waals surface area contributed by atoms with Gasteiger partial charge in [0.05, 0.1) is 19.9 Å². The molecular weight excluding hydrogens is 322 g/mol. The molecule has 0 aliphatic rings. The Balaban J connectivity index is 1.85. The first-order valence-electron chi connectivity index (χ1n) is 7.53. The number of aryl methyl sites for hydroxylation is 1. The van der Waals surface area contributed by atoms with Crippen LogP contribution >= 0.6 is 0 Å². The lowest BCUT2D eigenvalue weighted by molar-refractivity contribution is -0.120. The largest absolute Gasteiger partial charge is 0.507 e. The van der Waals surface area contributed by atoms with E-state index in [1.807, 2.05) is 13.0 Å². The fraction of sp³-hybridized carbons (Fsp3) is 0.167. The van der Waals surface area contributed by atoms with Gasteiger partial charge in [-0.1, -0.05) is 17.7 Å². The van der Waals surface area contributed by atoms with Crippen LogP contribution in [0, 0.1) is 6.92 Å². The van der Waals surface area contributed by atoms with Crippen molar-refractivity contribution in [2.45, 2.75) is 6.92 Å². The third kappa shape index (κ3) is 5.35. The molecule has 0 atom stereocenters. The minimum Gasteiger partial charge on any atom is -0.507 e. The van der Waals surface area contributed by atoms with E-state index in [0.717, 1.165) is 5.56 Å². The topological polar surface area (TPSA) is 100 Å². The molecule has 0 spiro atoms. The SMILES string of the molecule is COc1ccc(O)c(/C=N\NC(=O)CNC(=O)c2cccc(C)c2)c1. The molecule has 25 heavy (non-hydrogen) atoms. The number of carbonyl (C=O) groups excluding carboxylic acids is 2. The molecule has 2 aromatic rings. The van der Waals surface area contributed by atoms with E-state index in [2.05, 4.69) is 15.8 Å². The maximum absolute atomic E-state index is 11.9. The van der Waals surface area contributed by atoms with Gasteiger partial charge in [0.25, 0.3) is 11.8 Å². The fourth-order valence-electron chi connectivity index (χ4n) is 2.03. The number of nitrogens with one attached hydrogen (secondary N) is 2. The van der Waals surface area contributed by atoms with Crippen molar-refractivity contribution < 1.29 is 19.4 Å². The standard InChI is InChI=1S/C18H19N3O4/c1-12-4-3-5-13(8-12)18(24)19-11-17(23)21-20-10-14-9-15(25-2)6-7-16(14)22/h3-10,22H,11H2,1-2H3,(H,19,24)(H,21,23)/b20-10-. The Labute approximate surface area is 145 Å². The molecule has 0 aromatic heterocycles. The zero-order chi connectivity index (χ0) is 18.2. The van der Waals surface area contributed by atoms with Crippen molar-refractivity contribution in [2.24, 2.45) is 5.10 Å². The monoisotopic (exact) mass is 341 g/mol. The van der Waals surface area contributed by atoms with Crippen molar-refractivity contribution >= 4 is 18.0 Å². The van der Waals surface area contributed by atoms with Gasteiger partial charge in [0.1, 0.15) is 11.5 Å². The van der Waals surface area contributed by atoms with Crippen LogP contribution < -0.4 is 15.5 Å². The van der Waals surface area contributed by atoms with Crippen molar-refractivity contribution in [3.8, 4) is 11.5 Å². The molecule has 0 bridgehead atoms. The lowest BCUT2D eigenvalue weighted by atomic mass is 10.1. The lowest BCUT2D eigenvalue weighted by Crippen LogP contribution is -2.34. The molecule has 130 valence electrons. The number of methoxy groups -OCH3 is 1. The summed E-state index contributed by atoms with van der Waals surface area (Å²) in [6.45, 7) is 1.67. The van der Waals surface area contributed by atoms with Crippen LogP contribution in [-0.4, -0.2) is 36.8 Å². The highest BCUT2D eigenvalue weighted by Gasteiger charge is 2.07. The number of hydrogen-bond donors (Lipinski definition) is 3. The Morgan fingerprint density at radius 1 is 1.24 bits per heavy atom. The van der Waals surface area contributed by atoms with E-state index in [1.54, 1.807) is 30.3 Å². The molecule has 2 rings (SSSR count). The third-order valence-corrected chi connectivity index (χ3v) is 3.32. The second kappa shape index (κ2) is 8.49. The number of rotatable bonds is 6. The Kier molecular flexibility index (Phi) is 6.11. The van der Waals surface area contributed by atoms with Crippen molar-refractivity contribution in [3.63, 3.8) is 0 Å². The summed E-state index contributed by atoms with van der Waals surface area (Å²) in [5, 5.41) is 16.0. The highest BCUT2D eigenvalue weighted by Crippen LogP contribution is 2.20. The highest BCUT2D eigenvalue weighted by atomic mass is 16.5. The van der Waals surface area contributed by atoms with E-state index in [4.69, 9.17) is 4.74 Å². The van der Waals surface area contributed by atoms with Gasteiger partial charge in [-0.2, -0.15) is 5.10 Å². The number of phenolic OH excluding ortho intramolecular Hbond substituents is 1. The van der Waals surface area contributed by atoms with Crippen LogP contribution in [0.4, 0.5) is 0 Å².